The molecule has 2 aliphatic carbocycles. The first-order valence-electron chi connectivity index (χ1n) is 6.43. The standard InChI is InChI=1S/2C5H5.2C3H7O.Ti/c2*1-2-4-5-3-1;2*1-2-3-4;/h2*1-3H,4H2;2*2-3H2,1H3;/q4*-1;+4. The zero-order valence-electron chi connectivity index (χ0n) is 12.0. The Kier molecular flexibility index (Phi) is 32.7. The van der Waals surface area contributed by atoms with Crippen LogP contribution < -0.4 is 10.2 Å². The minimum absolute atomic E-state index is 0. The predicted molar refractivity (Wildman–Crippen MR) is 73.5 cm³/mol. The Hall–Kier alpha value is -0.406. The van der Waals surface area contributed by atoms with Gasteiger partial charge in [-0.1, -0.05) is 26.7 Å². The van der Waals surface area contributed by atoms with Crippen LogP contribution >= 0.6 is 0 Å². The number of hydrogen-bond donors (Lipinski definition) is 0. The normalized spacial score (nSPS) is 12.4. The first-order chi connectivity index (χ1) is 8.83. The third-order valence-electron chi connectivity index (χ3n) is 1.58. The van der Waals surface area contributed by atoms with E-state index in [1.807, 2.05) is 38.2 Å². The number of allylic oxidation sites excluding steroid dienone is 8. The summed E-state index contributed by atoms with van der Waals surface area (Å²) >= 11 is 0. The number of hydrogen-bond acceptors (Lipinski definition) is 2. The molecule has 2 aliphatic rings. The molecule has 0 bridgehead atoms. The molecule has 0 fully saturated rings. The molecule has 0 saturated carbocycles. The smallest absolute Gasteiger partial charge is 0.854 e. The molecule has 0 aromatic carbocycles. The van der Waals surface area contributed by atoms with E-state index in [0.29, 0.717) is 0 Å². The van der Waals surface area contributed by atoms with Gasteiger partial charge in [0.1, 0.15) is 0 Å². The van der Waals surface area contributed by atoms with Gasteiger partial charge in [0.25, 0.3) is 0 Å². The molecule has 0 aliphatic heterocycles. The fourth-order valence-corrected chi connectivity index (χ4v) is 0.680. The van der Waals surface area contributed by atoms with Gasteiger partial charge in [0, 0.05) is 0 Å². The van der Waals surface area contributed by atoms with Crippen molar-refractivity contribution < 1.29 is 31.9 Å². The van der Waals surface area contributed by atoms with Crippen LogP contribution in [0.5, 0.6) is 0 Å². The fraction of sp³-hybridized carbons (Fsp3) is 0.500. The minimum atomic E-state index is 0. The van der Waals surface area contributed by atoms with Crippen molar-refractivity contribution in [2.75, 3.05) is 13.2 Å². The van der Waals surface area contributed by atoms with E-state index in [-0.39, 0.29) is 34.9 Å². The topological polar surface area (TPSA) is 46.1 Å². The molecule has 0 amide bonds. The van der Waals surface area contributed by atoms with Crippen LogP contribution in [0.25, 0.3) is 0 Å². The van der Waals surface area contributed by atoms with Gasteiger partial charge >= 0.3 is 21.7 Å². The second-order valence-corrected chi connectivity index (χ2v) is 3.41. The molecule has 0 atom stereocenters. The summed E-state index contributed by atoms with van der Waals surface area (Å²) in [5, 5.41) is 18.6. The summed E-state index contributed by atoms with van der Waals surface area (Å²) in [6.45, 7) is 3.88. The molecule has 3 heteroatoms. The van der Waals surface area contributed by atoms with Gasteiger partial charge < -0.3 is 10.2 Å². The molecule has 19 heavy (non-hydrogen) atoms. The van der Waals surface area contributed by atoms with E-state index in [2.05, 4.69) is 24.3 Å². The van der Waals surface area contributed by atoms with Crippen LogP contribution in [-0.2, 0) is 21.7 Å². The molecule has 0 saturated heterocycles. The first-order valence-corrected chi connectivity index (χ1v) is 6.43. The van der Waals surface area contributed by atoms with Crippen molar-refractivity contribution in [2.24, 2.45) is 0 Å². The zero-order chi connectivity index (χ0) is 13.9. The summed E-state index contributed by atoms with van der Waals surface area (Å²) in [5.41, 5.74) is 0. The maximum absolute atomic E-state index is 9.30. The van der Waals surface area contributed by atoms with Crippen LogP contribution in [0.4, 0.5) is 0 Å². The Balaban J connectivity index is -0.000000178. The van der Waals surface area contributed by atoms with E-state index in [1.54, 1.807) is 0 Å². The molecule has 0 spiro atoms. The van der Waals surface area contributed by atoms with Crippen LogP contribution in [0.15, 0.2) is 36.5 Å². The molecule has 0 N–H and O–H groups in total. The van der Waals surface area contributed by atoms with E-state index in [0.717, 1.165) is 25.7 Å². The van der Waals surface area contributed by atoms with Crippen LogP contribution in [0.3, 0.4) is 0 Å². The molecule has 0 unspecified atom stereocenters. The van der Waals surface area contributed by atoms with Crippen molar-refractivity contribution in [1.82, 2.24) is 0 Å². The quantitative estimate of drug-likeness (QED) is 0.579. The van der Waals surface area contributed by atoms with Crippen LogP contribution in [0.1, 0.15) is 39.5 Å². The largest absolute Gasteiger partial charge is 4.00 e. The third kappa shape index (κ3) is 31.8. The molecule has 0 aromatic heterocycles. The average Bonchev–Trinajstić information content (AvgIpc) is 3.14. The third-order valence-corrected chi connectivity index (χ3v) is 1.58. The zero-order valence-corrected chi connectivity index (χ0v) is 13.6. The predicted octanol–water partition coefficient (Wildman–Crippen LogP) is 2.12. The maximum atomic E-state index is 9.30. The number of rotatable bonds is 2. The summed E-state index contributed by atoms with van der Waals surface area (Å²) in [6, 6.07) is 0. The van der Waals surface area contributed by atoms with Crippen molar-refractivity contribution in [1.29, 1.82) is 0 Å². The molecule has 0 heterocycles. The molecule has 0 aromatic rings. The minimum Gasteiger partial charge on any atom is -0.854 e. The Morgan fingerprint density at radius 3 is 1.21 bits per heavy atom. The Labute approximate surface area is 133 Å². The van der Waals surface area contributed by atoms with Gasteiger partial charge in [0.15, 0.2) is 0 Å². The second kappa shape index (κ2) is 26.2. The maximum Gasteiger partial charge on any atom is 4.00 e. The van der Waals surface area contributed by atoms with E-state index >= 15 is 0 Å². The molecule has 2 rings (SSSR count). The Morgan fingerprint density at radius 2 is 1.16 bits per heavy atom. The van der Waals surface area contributed by atoms with E-state index in [9.17, 15) is 10.2 Å². The van der Waals surface area contributed by atoms with E-state index < -0.39 is 0 Å². The Morgan fingerprint density at radius 1 is 0.842 bits per heavy atom. The van der Waals surface area contributed by atoms with E-state index in [1.165, 1.54) is 0 Å². The van der Waals surface area contributed by atoms with Gasteiger partial charge in [-0.25, -0.2) is 24.3 Å². The van der Waals surface area contributed by atoms with Gasteiger partial charge in [0.2, 0.25) is 0 Å². The van der Waals surface area contributed by atoms with Gasteiger partial charge in [-0.15, -0.1) is 26.1 Å². The van der Waals surface area contributed by atoms with Crippen LogP contribution in [-0.4, -0.2) is 13.2 Å². The van der Waals surface area contributed by atoms with Crippen LogP contribution in [0, 0.1) is 12.2 Å². The van der Waals surface area contributed by atoms with Crippen LogP contribution in [0.2, 0.25) is 0 Å². The van der Waals surface area contributed by atoms with Crippen molar-refractivity contribution in [3.8, 4) is 0 Å². The van der Waals surface area contributed by atoms with Crippen molar-refractivity contribution in [3.05, 3.63) is 48.6 Å². The van der Waals surface area contributed by atoms with E-state index in [4.69, 9.17) is 0 Å². The molecule has 0 radical (unpaired) electrons. The summed E-state index contributed by atoms with van der Waals surface area (Å²) in [5.74, 6) is 0. The molecular formula is C16H24O2Ti. The summed E-state index contributed by atoms with van der Waals surface area (Å²) in [7, 11) is 0. The first kappa shape index (κ1) is 23.7. The molecular weight excluding hydrogens is 272 g/mol. The summed E-state index contributed by atoms with van der Waals surface area (Å²) in [4.78, 5) is 0. The second-order valence-electron chi connectivity index (χ2n) is 3.41. The fourth-order valence-electron chi connectivity index (χ4n) is 0.680. The summed E-state index contributed by atoms with van der Waals surface area (Å²) in [6.07, 6.45) is 21.5. The molecule has 104 valence electrons. The monoisotopic (exact) mass is 296 g/mol. The van der Waals surface area contributed by atoms with Gasteiger partial charge in [-0.2, -0.15) is 12.2 Å². The van der Waals surface area contributed by atoms with Gasteiger partial charge in [-0.3, -0.25) is 12.2 Å². The van der Waals surface area contributed by atoms with Crippen molar-refractivity contribution in [3.63, 3.8) is 0 Å². The van der Waals surface area contributed by atoms with Gasteiger partial charge in [-0.05, 0) is 0 Å². The van der Waals surface area contributed by atoms with Gasteiger partial charge in [0.05, 0.1) is 0 Å². The Bertz CT molecular complexity index is 193. The van der Waals surface area contributed by atoms with Crippen molar-refractivity contribution >= 4 is 0 Å². The SMILES string of the molecule is CCC[O-].CCC[O-].[C-]1=CC=CC1.[C-]1=CC=CC1.[Ti+4]. The summed E-state index contributed by atoms with van der Waals surface area (Å²) < 4.78 is 0. The van der Waals surface area contributed by atoms with Crippen molar-refractivity contribution in [2.45, 2.75) is 39.5 Å². The average molecular weight is 296 g/mol. The molecule has 2 nitrogen and oxygen atoms in total.